The third kappa shape index (κ3) is 25.8. The van der Waals surface area contributed by atoms with Crippen molar-refractivity contribution in [2.75, 3.05) is 5.75 Å². The zero-order valence-electron chi connectivity index (χ0n) is 8.81. The Morgan fingerprint density at radius 2 is 2.00 bits per heavy atom. The molecule has 4 N–H and O–H groups in total. The monoisotopic (exact) mass is 322 g/mol. The smallest absolute Gasteiger partial charge is 0.344 e. The molecular formula is C6H13NO6PS3+. The van der Waals surface area contributed by atoms with Crippen LogP contribution in [0.15, 0.2) is 11.6 Å². The fourth-order valence-corrected chi connectivity index (χ4v) is 1.64. The average Bonchev–Trinajstić information content (AvgIpc) is 2.53. The Bertz CT molecular complexity index is 432. The lowest BCUT2D eigenvalue weighted by atomic mass is 10.6. The van der Waals surface area contributed by atoms with Crippen LogP contribution < -0.4 is 0 Å². The van der Waals surface area contributed by atoms with Crippen LogP contribution in [0.1, 0.15) is 13.3 Å². The topological polar surface area (TPSA) is 128 Å². The van der Waals surface area contributed by atoms with Gasteiger partial charge < -0.3 is 4.98 Å². The highest BCUT2D eigenvalue weighted by molar-refractivity contribution is 7.85. The van der Waals surface area contributed by atoms with Crippen molar-refractivity contribution in [3.05, 3.63) is 15.5 Å². The first kappa shape index (κ1) is 19.1. The normalized spacial score (nSPS) is 9.41. The summed E-state index contributed by atoms with van der Waals surface area (Å²) >= 11 is 6.25. The number of aromatic amines is 1. The van der Waals surface area contributed by atoms with E-state index in [-0.39, 0.29) is 5.75 Å². The van der Waals surface area contributed by atoms with Gasteiger partial charge >= 0.3 is 8.25 Å². The molecule has 0 aromatic carbocycles. The van der Waals surface area contributed by atoms with Crippen molar-refractivity contribution in [2.24, 2.45) is 0 Å². The molecule has 0 fully saturated rings. The van der Waals surface area contributed by atoms with Crippen LogP contribution in [0.25, 0.3) is 0 Å². The van der Waals surface area contributed by atoms with Crippen molar-refractivity contribution < 1.29 is 27.3 Å². The number of aromatic nitrogens is 1. The summed E-state index contributed by atoms with van der Waals surface area (Å²) in [5.74, 6) is -0.132. The maximum atomic E-state index is 9.79. The predicted molar refractivity (Wildman–Crippen MR) is 68.3 cm³/mol. The number of thiazole rings is 1. The number of H-pyrrole nitrogens is 1. The van der Waals surface area contributed by atoms with Crippen molar-refractivity contribution in [1.82, 2.24) is 4.98 Å². The van der Waals surface area contributed by atoms with E-state index < -0.39 is 18.4 Å². The Morgan fingerprint density at radius 3 is 2.06 bits per heavy atom. The molecule has 1 heterocycles. The lowest BCUT2D eigenvalue weighted by Gasteiger charge is -1.85. The minimum atomic E-state index is -3.67. The Balaban J connectivity index is 0. The fraction of sp³-hybridized carbons (Fsp3) is 0.500. The molecule has 0 bridgehead atoms. The van der Waals surface area contributed by atoms with Crippen molar-refractivity contribution >= 4 is 41.9 Å². The lowest BCUT2D eigenvalue weighted by molar-refractivity contribution is 0.405. The van der Waals surface area contributed by atoms with E-state index in [0.29, 0.717) is 6.42 Å². The Hall–Kier alpha value is -0.220. The summed E-state index contributed by atoms with van der Waals surface area (Å²) in [6, 6.07) is 0. The number of hydrogen-bond donors (Lipinski definition) is 4. The van der Waals surface area contributed by atoms with Crippen LogP contribution in [0.5, 0.6) is 0 Å². The molecular weight excluding hydrogens is 309 g/mol. The van der Waals surface area contributed by atoms with Gasteiger partial charge in [-0.1, -0.05) is 6.92 Å². The van der Waals surface area contributed by atoms with Gasteiger partial charge in [0, 0.05) is 16.1 Å². The van der Waals surface area contributed by atoms with Crippen molar-refractivity contribution in [3.63, 3.8) is 0 Å². The quantitative estimate of drug-likeness (QED) is 0.371. The second kappa shape index (κ2) is 10.9. The number of rotatable bonds is 2. The van der Waals surface area contributed by atoms with Gasteiger partial charge in [0.1, 0.15) is 0 Å². The van der Waals surface area contributed by atoms with Crippen molar-refractivity contribution in [2.45, 2.75) is 13.3 Å². The Kier molecular flexibility index (Phi) is 12.3. The van der Waals surface area contributed by atoms with Gasteiger partial charge in [-0.2, -0.15) is 8.42 Å². The van der Waals surface area contributed by atoms with Crippen LogP contribution in [0, 0.1) is 3.95 Å². The van der Waals surface area contributed by atoms with Gasteiger partial charge in [-0.05, 0) is 18.6 Å². The minimum Gasteiger partial charge on any atom is -0.344 e. The van der Waals surface area contributed by atoms with E-state index in [1.807, 2.05) is 11.6 Å². The molecule has 7 nitrogen and oxygen atoms in total. The molecule has 11 heteroatoms. The van der Waals surface area contributed by atoms with E-state index in [9.17, 15) is 8.42 Å². The van der Waals surface area contributed by atoms with Crippen LogP contribution in [0.3, 0.4) is 0 Å². The number of nitrogens with one attached hydrogen (secondary N) is 1. The summed E-state index contributed by atoms with van der Waals surface area (Å²) < 4.78 is 37.1. The van der Waals surface area contributed by atoms with E-state index in [1.54, 1.807) is 6.92 Å². The fourth-order valence-electron chi connectivity index (χ4n) is 0.490. The van der Waals surface area contributed by atoms with Gasteiger partial charge in [-0.25, -0.2) is 0 Å². The first-order chi connectivity index (χ1) is 7.69. The average molecular weight is 322 g/mol. The Labute approximate surface area is 109 Å². The first-order valence-electron chi connectivity index (χ1n) is 4.11. The summed E-state index contributed by atoms with van der Waals surface area (Å²) in [7, 11) is -6.54. The summed E-state index contributed by atoms with van der Waals surface area (Å²) in [5, 5.41) is 1.92. The summed E-state index contributed by atoms with van der Waals surface area (Å²) in [6.45, 7) is 1.69. The molecule has 1 aromatic rings. The van der Waals surface area contributed by atoms with Crippen LogP contribution in [0.4, 0.5) is 0 Å². The predicted octanol–water partition coefficient (Wildman–Crippen LogP) is 1.72. The highest BCUT2D eigenvalue weighted by Gasteiger charge is 1.98. The zero-order valence-corrected chi connectivity index (χ0v) is 12.2. The van der Waals surface area contributed by atoms with Crippen LogP contribution >= 0.6 is 31.8 Å². The summed E-state index contributed by atoms with van der Waals surface area (Å²) in [4.78, 5) is 17.1. The maximum absolute atomic E-state index is 9.79. The van der Waals surface area contributed by atoms with E-state index in [4.69, 9.17) is 31.1 Å². The third-order valence-corrected chi connectivity index (χ3v) is 2.84. The summed E-state index contributed by atoms with van der Waals surface area (Å²) in [6.07, 6.45) is 2.30. The number of hydrogen-bond acceptors (Lipinski definition) is 5. The van der Waals surface area contributed by atoms with E-state index in [1.165, 1.54) is 11.3 Å². The van der Waals surface area contributed by atoms with Crippen LogP contribution in [-0.2, 0) is 14.7 Å². The second-order valence-corrected chi connectivity index (χ2v) is 6.05. The minimum absolute atomic E-state index is 0.132. The van der Waals surface area contributed by atoms with E-state index in [0.717, 1.165) is 3.95 Å². The van der Waals surface area contributed by atoms with Gasteiger partial charge in [-0.3, -0.25) is 4.55 Å². The molecule has 0 unspecified atom stereocenters. The molecule has 0 spiro atoms. The SMILES string of the molecule is CCCS(=O)(=O)O.O=[P+](O)O.S=c1[nH]ccs1. The molecule has 0 aliphatic heterocycles. The zero-order chi connectivity index (χ0) is 13.9. The van der Waals surface area contributed by atoms with Crippen molar-refractivity contribution in [3.8, 4) is 0 Å². The van der Waals surface area contributed by atoms with Crippen molar-refractivity contribution in [1.29, 1.82) is 0 Å². The van der Waals surface area contributed by atoms with Crippen LogP contribution in [0.2, 0.25) is 0 Å². The molecule has 0 aliphatic rings. The van der Waals surface area contributed by atoms with Gasteiger partial charge in [-0.15, -0.1) is 21.1 Å². The highest BCUT2D eigenvalue weighted by atomic mass is 32.2. The molecule has 17 heavy (non-hydrogen) atoms. The molecule has 0 saturated carbocycles. The van der Waals surface area contributed by atoms with Gasteiger partial charge in [0.15, 0.2) is 3.95 Å². The molecule has 1 rings (SSSR count). The molecule has 1 aromatic heterocycles. The largest absolute Gasteiger partial charge is 0.692 e. The highest BCUT2D eigenvalue weighted by Crippen LogP contribution is 1.98. The van der Waals surface area contributed by atoms with Crippen LogP contribution in [-0.4, -0.2) is 33.5 Å². The van der Waals surface area contributed by atoms with E-state index >= 15 is 0 Å². The summed E-state index contributed by atoms with van der Waals surface area (Å²) in [5.41, 5.74) is 0. The Morgan fingerprint density at radius 1 is 1.53 bits per heavy atom. The molecule has 0 atom stereocenters. The lowest BCUT2D eigenvalue weighted by Crippen LogP contribution is -2.01. The first-order valence-corrected chi connectivity index (χ1v) is 8.17. The van der Waals surface area contributed by atoms with E-state index in [2.05, 4.69) is 4.98 Å². The molecule has 0 radical (unpaired) electrons. The van der Waals surface area contributed by atoms with Gasteiger partial charge in [0.25, 0.3) is 10.1 Å². The molecule has 0 aliphatic carbocycles. The third-order valence-electron chi connectivity index (χ3n) is 0.906. The molecule has 100 valence electrons. The molecule has 0 amide bonds. The molecule has 0 saturated heterocycles. The maximum Gasteiger partial charge on any atom is 0.692 e. The second-order valence-electron chi connectivity index (χ2n) is 2.39. The van der Waals surface area contributed by atoms with Gasteiger partial charge in [0.05, 0.1) is 5.75 Å². The van der Waals surface area contributed by atoms with Gasteiger partial charge in [0.2, 0.25) is 0 Å². The standard InChI is InChI=1S/C3H3NS2.C3H8O3S.HO3P/c5-3-4-1-2-6-3;1-2-3-7(4,5)6;1-4(2)3/h1-2H,(H,4,5);2-3H2,1H3,(H,4,5,6);(H-,1,2,3)/p+1.